The van der Waals surface area contributed by atoms with Crippen molar-refractivity contribution in [2.24, 2.45) is 5.73 Å². The van der Waals surface area contributed by atoms with Gasteiger partial charge >= 0.3 is 0 Å². The summed E-state index contributed by atoms with van der Waals surface area (Å²) in [4.78, 5) is 24.3. The van der Waals surface area contributed by atoms with Crippen molar-refractivity contribution in [3.63, 3.8) is 0 Å². The van der Waals surface area contributed by atoms with Crippen molar-refractivity contribution in [1.29, 1.82) is 0 Å². The van der Waals surface area contributed by atoms with Crippen LogP contribution < -0.4 is 16.0 Å². The summed E-state index contributed by atoms with van der Waals surface area (Å²) in [5, 5.41) is 2.40. The normalized spacial score (nSPS) is 9.94. The van der Waals surface area contributed by atoms with Crippen LogP contribution in [-0.4, -0.2) is 31.4 Å². The topological polar surface area (TPSA) is 75.4 Å². The van der Waals surface area contributed by atoms with Gasteiger partial charge in [-0.2, -0.15) is 0 Å². The molecule has 1 aromatic rings. The highest BCUT2D eigenvalue weighted by atomic mass is 19.1. The smallest absolute Gasteiger partial charge is 0.246 e. The van der Waals surface area contributed by atoms with Crippen LogP contribution in [0.5, 0.6) is 0 Å². The van der Waals surface area contributed by atoms with Crippen molar-refractivity contribution < 1.29 is 14.0 Å². The molecule has 5 nitrogen and oxygen atoms in total. The fourth-order valence-electron chi connectivity index (χ4n) is 1.47. The number of nitrogens with one attached hydrogen (secondary N) is 1. The van der Waals surface area contributed by atoms with Crippen LogP contribution in [0.25, 0.3) is 0 Å². The molecular weight excluding hydrogens is 237 g/mol. The summed E-state index contributed by atoms with van der Waals surface area (Å²) in [6, 6.07) is 5.59. The second-order valence-corrected chi connectivity index (χ2v) is 3.60. The van der Waals surface area contributed by atoms with Crippen LogP contribution in [0.15, 0.2) is 24.3 Å². The van der Waals surface area contributed by atoms with Crippen molar-refractivity contribution >= 4 is 17.5 Å². The lowest BCUT2D eigenvalue weighted by molar-refractivity contribution is -0.124. The molecule has 0 unspecified atom stereocenters. The third-order valence-electron chi connectivity index (χ3n) is 2.38. The van der Waals surface area contributed by atoms with E-state index in [1.165, 1.54) is 29.2 Å². The van der Waals surface area contributed by atoms with Gasteiger partial charge in [-0.05, 0) is 31.2 Å². The zero-order valence-electron chi connectivity index (χ0n) is 10.1. The molecule has 18 heavy (non-hydrogen) atoms. The lowest BCUT2D eigenvalue weighted by Gasteiger charge is -2.21. The van der Waals surface area contributed by atoms with Crippen molar-refractivity contribution in [3.05, 3.63) is 30.1 Å². The highest BCUT2D eigenvalue weighted by Crippen LogP contribution is 2.14. The number of benzene rings is 1. The first-order chi connectivity index (χ1) is 8.58. The lowest BCUT2D eigenvalue weighted by Crippen LogP contribution is -2.42. The molecule has 6 heteroatoms. The molecule has 98 valence electrons. The maximum Gasteiger partial charge on any atom is 0.246 e. The predicted octanol–water partition coefficient (Wildman–Crippen LogP) is 0.253. The number of carbonyl (C=O) groups is 2. The van der Waals surface area contributed by atoms with Gasteiger partial charge in [0.25, 0.3) is 0 Å². The monoisotopic (exact) mass is 253 g/mol. The number of nitrogens with zero attached hydrogens (tertiary/aromatic N) is 1. The van der Waals surface area contributed by atoms with Gasteiger partial charge in [0, 0.05) is 12.2 Å². The van der Waals surface area contributed by atoms with Gasteiger partial charge in [0.1, 0.15) is 5.82 Å². The summed E-state index contributed by atoms with van der Waals surface area (Å²) < 4.78 is 12.8. The number of halogens is 1. The van der Waals surface area contributed by atoms with Crippen LogP contribution in [0.4, 0.5) is 10.1 Å². The number of hydrogen-bond acceptors (Lipinski definition) is 3. The van der Waals surface area contributed by atoms with Gasteiger partial charge in [-0.3, -0.25) is 9.59 Å². The summed E-state index contributed by atoms with van der Waals surface area (Å²) in [5.41, 5.74) is 5.70. The minimum atomic E-state index is -0.390. The van der Waals surface area contributed by atoms with Gasteiger partial charge in [-0.1, -0.05) is 0 Å². The number of anilines is 1. The van der Waals surface area contributed by atoms with Crippen LogP contribution in [0.1, 0.15) is 6.92 Å². The Kier molecular flexibility index (Phi) is 5.26. The minimum Gasteiger partial charge on any atom is -0.346 e. The van der Waals surface area contributed by atoms with Gasteiger partial charge in [0.15, 0.2) is 0 Å². The average Bonchev–Trinajstić information content (AvgIpc) is 2.39. The van der Waals surface area contributed by atoms with E-state index in [-0.39, 0.29) is 24.8 Å². The first-order valence-corrected chi connectivity index (χ1v) is 5.61. The Morgan fingerprint density at radius 2 is 1.94 bits per heavy atom. The van der Waals surface area contributed by atoms with Gasteiger partial charge in [-0.15, -0.1) is 0 Å². The molecule has 0 heterocycles. The molecule has 0 aliphatic rings. The molecule has 0 aliphatic heterocycles. The minimum absolute atomic E-state index is 0.124. The molecular formula is C12H16FN3O2. The van der Waals surface area contributed by atoms with Crippen molar-refractivity contribution in [3.8, 4) is 0 Å². The average molecular weight is 253 g/mol. The van der Waals surface area contributed by atoms with Crippen LogP contribution in [-0.2, 0) is 9.59 Å². The van der Waals surface area contributed by atoms with Crippen LogP contribution >= 0.6 is 0 Å². The van der Waals surface area contributed by atoms with E-state index in [4.69, 9.17) is 5.73 Å². The molecule has 0 saturated carbocycles. The Morgan fingerprint density at radius 3 is 2.44 bits per heavy atom. The zero-order chi connectivity index (χ0) is 13.5. The quantitative estimate of drug-likeness (QED) is 0.790. The van der Waals surface area contributed by atoms with E-state index in [1.54, 1.807) is 6.92 Å². The van der Waals surface area contributed by atoms with Crippen LogP contribution in [0, 0.1) is 5.82 Å². The largest absolute Gasteiger partial charge is 0.346 e. The summed E-state index contributed by atoms with van der Waals surface area (Å²) in [7, 11) is 0. The van der Waals surface area contributed by atoms with Gasteiger partial charge in [0.05, 0.1) is 13.1 Å². The summed E-state index contributed by atoms with van der Waals surface area (Å²) >= 11 is 0. The predicted molar refractivity (Wildman–Crippen MR) is 66.5 cm³/mol. The highest BCUT2D eigenvalue weighted by Gasteiger charge is 2.14. The first-order valence-electron chi connectivity index (χ1n) is 5.61. The maximum atomic E-state index is 12.8. The first kappa shape index (κ1) is 14.1. The Hall–Kier alpha value is -1.95. The SMILES string of the molecule is CCN(C(=O)CNC(=O)CN)c1ccc(F)cc1. The number of rotatable bonds is 5. The highest BCUT2D eigenvalue weighted by molar-refractivity contribution is 5.96. The van der Waals surface area contributed by atoms with Gasteiger partial charge in [0.2, 0.25) is 11.8 Å². The van der Waals surface area contributed by atoms with E-state index in [0.717, 1.165) is 0 Å². The fraction of sp³-hybridized carbons (Fsp3) is 0.333. The number of nitrogens with two attached hydrogens (primary N) is 1. The molecule has 0 radical (unpaired) electrons. The Bertz CT molecular complexity index is 420. The molecule has 0 bridgehead atoms. The van der Waals surface area contributed by atoms with E-state index in [2.05, 4.69) is 5.32 Å². The molecule has 1 aromatic carbocycles. The van der Waals surface area contributed by atoms with Crippen molar-refractivity contribution in [2.75, 3.05) is 24.5 Å². The van der Waals surface area contributed by atoms with E-state index < -0.39 is 5.91 Å². The summed E-state index contributed by atoms with van der Waals surface area (Å²) in [5.74, 6) is -1.02. The third kappa shape index (κ3) is 3.81. The lowest BCUT2D eigenvalue weighted by atomic mass is 10.2. The third-order valence-corrected chi connectivity index (χ3v) is 2.38. The van der Waals surface area contributed by atoms with Crippen molar-refractivity contribution in [1.82, 2.24) is 5.32 Å². The molecule has 1 rings (SSSR count). The molecule has 0 aliphatic carbocycles. The van der Waals surface area contributed by atoms with Crippen LogP contribution in [0.3, 0.4) is 0 Å². The Labute approximate surface area is 105 Å². The number of amides is 2. The second kappa shape index (κ2) is 6.70. The molecule has 0 fully saturated rings. The maximum absolute atomic E-state index is 12.8. The Balaban J connectivity index is 2.68. The van der Waals surface area contributed by atoms with E-state index >= 15 is 0 Å². The summed E-state index contributed by atoms with van der Waals surface area (Å²) in [6.07, 6.45) is 0. The van der Waals surface area contributed by atoms with Gasteiger partial charge < -0.3 is 16.0 Å². The fourth-order valence-corrected chi connectivity index (χ4v) is 1.47. The number of likely N-dealkylation sites (N-methyl/N-ethyl adjacent to an activating group) is 1. The molecule has 2 amide bonds. The molecule has 0 spiro atoms. The molecule has 0 aromatic heterocycles. The second-order valence-electron chi connectivity index (χ2n) is 3.60. The van der Waals surface area contributed by atoms with E-state index in [9.17, 15) is 14.0 Å². The van der Waals surface area contributed by atoms with E-state index in [1.807, 2.05) is 0 Å². The molecule has 3 N–H and O–H groups in total. The number of carbonyl (C=O) groups excluding carboxylic acids is 2. The van der Waals surface area contributed by atoms with E-state index in [0.29, 0.717) is 12.2 Å². The standard InChI is InChI=1S/C12H16FN3O2/c1-2-16(10-5-3-9(13)4-6-10)12(18)8-15-11(17)7-14/h3-6H,2,7-8,14H2,1H3,(H,15,17). The zero-order valence-corrected chi connectivity index (χ0v) is 10.1. The van der Waals surface area contributed by atoms with Crippen LogP contribution in [0.2, 0.25) is 0 Å². The Morgan fingerprint density at radius 1 is 1.33 bits per heavy atom. The summed E-state index contributed by atoms with van der Waals surface area (Å²) in [6.45, 7) is 1.95. The van der Waals surface area contributed by atoms with Crippen molar-refractivity contribution in [2.45, 2.75) is 6.92 Å². The molecule has 0 saturated heterocycles. The molecule has 0 atom stereocenters. The number of hydrogen-bond donors (Lipinski definition) is 2. The van der Waals surface area contributed by atoms with Gasteiger partial charge in [-0.25, -0.2) is 4.39 Å².